The summed E-state index contributed by atoms with van der Waals surface area (Å²) in [7, 11) is -3.79. The van der Waals surface area contributed by atoms with E-state index in [4.69, 9.17) is 10.5 Å². The maximum atomic E-state index is 12.6. The van der Waals surface area contributed by atoms with Crippen LogP contribution in [0.2, 0.25) is 0 Å². The van der Waals surface area contributed by atoms with Crippen molar-refractivity contribution in [2.75, 3.05) is 16.6 Å². The second-order valence-electron chi connectivity index (χ2n) is 7.08. The molecule has 1 aromatic heterocycles. The summed E-state index contributed by atoms with van der Waals surface area (Å²) in [5, 5.41) is 4.32. The predicted molar refractivity (Wildman–Crippen MR) is 125 cm³/mol. The summed E-state index contributed by atoms with van der Waals surface area (Å²) in [6.45, 7) is 3.14. The monoisotopic (exact) mass is 487 g/mol. The number of rotatable bonds is 8. The number of hydrogen-bond donors (Lipinski definition) is 3. The van der Waals surface area contributed by atoms with E-state index in [-0.39, 0.29) is 26.7 Å². The van der Waals surface area contributed by atoms with Gasteiger partial charge in [0.2, 0.25) is 0 Å². The number of nitrogens with one attached hydrogen (secondary N) is 2. The molecular weight excluding hydrogens is 466 g/mol. The molecule has 172 valence electrons. The van der Waals surface area contributed by atoms with Crippen LogP contribution >= 0.6 is 11.3 Å². The Kier molecular flexibility index (Phi) is 7.14. The van der Waals surface area contributed by atoms with Crippen molar-refractivity contribution in [3.05, 3.63) is 76.2 Å². The molecule has 11 heteroatoms. The fourth-order valence-corrected chi connectivity index (χ4v) is 4.70. The highest BCUT2D eigenvalue weighted by Crippen LogP contribution is 2.23. The van der Waals surface area contributed by atoms with E-state index in [1.54, 1.807) is 17.5 Å². The van der Waals surface area contributed by atoms with E-state index in [1.165, 1.54) is 36.4 Å². The fourth-order valence-electron chi connectivity index (χ4n) is 2.75. The van der Waals surface area contributed by atoms with E-state index < -0.39 is 34.4 Å². The third-order valence-corrected chi connectivity index (χ3v) is 6.89. The summed E-state index contributed by atoms with van der Waals surface area (Å²) in [5.74, 6) is -2.09. The summed E-state index contributed by atoms with van der Waals surface area (Å²) in [5.41, 5.74) is 7.61. The van der Waals surface area contributed by atoms with Gasteiger partial charge in [0.25, 0.3) is 21.8 Å². The molecule has 0 atom stereocenters. The quantitative estimate of drug-likeness (QED) is 0.417. The SMILES string of the molecule is Cc1ccc(S(=O)(=O)Nc2ccc(C(=O)OCC(=O)Nc3sccc3C(N)=O)cc2)cc1C. The minimum atomic E-state index is -3.79. The summed E-state index contributed by atoms with van der Waals surface area (Å²) >= 11 is 1.11. The molecule has 0 bridgehead atoms. The van der Waals surface area contributed by atoms with Crippen LogP contribution in [0.25, 0.3) is 0 Å². The topological polar surface area (TPSA) is 145 Å². The number of primary amides is 1. The summed E-state index contributed by atoms with van der Waals surface area (Å²) in [6.07, 6.45) is 0. The Hall–Kier alpha value is -3.70. The van der Waals surface area contributed by atoms with Gasteiger partial charge in [-0.1, -0.05) is 6.07 Å². The first-order valence-corrected chi connectivity index (χ1v) is 12.0. The van der Waals surface area contributed by atoms with Crippen LogP contribution in [0.1, 0.15) is 31.8 Å². The molecule has 0 saturated heterocycles. The van der Waals surface area contributed by atoms with Crippen molar-refractivity contribution in [3.63, 3.8) is 0 Å². The molecule has 2 amide bonds. The molecule has 0 spiro atoms. The molecule has 3 rings (SSSR count). The molecule has 0 radical (unpaired) electrons. The summed E-state index contributed by atoms with van der Waals surface area (Å²) in [6, 6.07) is 11.9. The van der Waals surface area contributed by atoms with E-state index in [0.717, 1.165) is 22.5 Å². The number of carbonyl (C=O) groups is 3. The van der Waals surface area contributed by atoms with E-state index in [2.05, 4.69) is 10.0 Å². The molecule has 3 aromatic rings. The second-order valence-corrected chi connectivity index (χ2v) is 9.68. The average Bonchev–Trinajstić information content (AvgIpc) is 3.22. The van der Waals surface area contributed by atoms with E-state index >= 15 is 0 Å². The van der Waals surface area contributed by atoms with Gasteiger partial charge in [-0.25, -0.2) is 13.2 Å². The van der Waals surface area contributed by atoms with Gasteiger partial charge in [0.05, 0.1) is 16.0 Å². The first-order chi connectivity index (χ1) is 15.6. The van der Waals surface area contributed by atoms with Crippen molar-refractivity contribution in [2.45, 2.75) is 18.7 Å². The predicted octanol–water partition coefficient (Wildman–Crippen LogP) is 3.06. The van der Waals surface area contributed by atoms with Crippen LogP contribution in [-0.2, 0) is 19.6 Å². The van der Waals surface area contributed by atoms with Gasteiger partial charge < -0.3 is 15.8 Å². The molecule has 33 heavy (non-hydrogen) atoms. The van der Waals surface area contributed by atoms with Crippen molar-refractivity contribution in [1.82, 2.24) is 0 Å². The highest BCUT2D eigenvalue weighted by molar-refractivity contribution is 7.92. The maximum Gasteiger partial charge on any atom is 0.338 e. The number of nitrogens with two attached hydrogens (primary N) is 1. The molecule has 0 unspecified atom stereocenters. The smallest absolute Gasteiger partial charge is 0.338 e. The highest BCUT2D eigenvalue weighted by atomic mass is 32.2. The van der Waals surface area contributed by atoms with E-state index in [0.29, 0.717) is 0 Å². The van der Waals surface area contributed by atoms with Crippen LogP contribution in [0.15, 0.2) is 58.8 Å². The zero-order chi connectivity index (χ0) is 24.2. The van der Waals surface area contributed by atoms with Gasteiger partial charge >= 0.3 is 5.97 Å². The van der Waals surface area contributed by atoms with Gasteiger partial charge in [0.15, 0.2) is 6.61 Å². The minimum Gasteiger partial charge on any atom is -0.452 e. The molecule has 0 fully saturated rings. The van der Waals surface area contributed by atoms with Gasteiger partial charge in [-0.3, -0.25) is 14.3 Å². The minimum absolute atomic E-state index is 0.130. The lowest BCUT2D eigenvalue weighted by atomic mass is 10.1. The maximum absolute atomic E-state index is 12.6. The second kappa shape index (κ2) is 9.84. The Morgan fingerprint density at radius 1 is 1.00 bits per heavy atom. The first-order valence-electron chi connectivity index (χ1n) is 9.61. The third-order valence-electron chi connectivity index (χ3n) is 4.68. The lowest BCUT2D eigenvalue weighted by Gasteiger charge is -2.10. The summed E-state index contributed by atoms with van der Waals surface area (Å²) in [4.78, 5) is 35.6. The Morgan fingerprint density at radius 2 is 1.70 bits per heavy atom. The van der Waals surface area contributed by atoms with Crippen LogP contribution in [0.5, 0.6) is 0 Å². The van der Waals surface area contributed by atoms with E-state index in [9.17, 15) is 22.8 Å². The Balaban J connectivity index is 1.58. The Morgan fingerprint density at radius 3 is 2.33 bits per heavy atom. The van der Waals surface area contributed by atoms with E-state index in [1.807, 2.05) is 13.8 Å². The summed E-state index contributed by atoms with van der Waals surface area (Å²) < 4.78 is 32.6. The van der Waals surface area contributed by atoms with Gasteiger partial charge in [-0.2, -0.15) is 0 Å². The van der Waals surface area contributed by atoms with Crippen LogP contribution in [0.3, 0.4) is 0 Å². The number of thiophene rings is 1. The molecule has 9 nitrogen and oxygen atoms in total. The molecule has 1 heterocycles. The molecule has 0 saturated carbocycles. The average molecular weight is 488 g/mol. The number of amides is 2. The lowest BCUT2D eigenvalue weighted by molar-refractivity contribution is -0.119. The highest BCUT2D eigenvalue weighted by Gasteiger charge is 2.17. The molecule has 0 aliphatic carbocycles. The largest absolute Gasteiger partial charge is 0.452 e. The number of hydrogen-bond acceptors (Lipinski definition) is 7. The number of sulfonamides is 1. The standard InChI is InChI=1S/C22H21N3O6S2/c1-13-3-8-17(11-14(13)2)33(29,30)25-16-6-4-15(5-7-16)22(28)31-12-19(26)24-21-18(20(23)27)9-10-32-21/h3-11,25H,12H2,1-2H3,(H2,23,27)(H,24,26). The van der Waals surface area contributed by atoms with Crippen LogP contribution < -0.4 is 15.8 Å². The molecular formula is C22H21N3O6S2. The van der Waals surface area contributed by atoms with Gasteiger partial charge in [-0.05, 0) is 72.8 Å². The Labute approximate surface area is 194 Å². The normalized spacial score (nSPS) is 11.0. The number of ether oxygens (including phenoxy) is 1. The van der Waals surface area contributed by atoms with Crippen LogP contribution in [0.4, 0.5) is 10.7 Å². The third kappa shape index (κ3) is 5.96. The molecule has 4 N–H and O–H groups in total. The van der Waals surface area contributed by atoms with Crippen molar-refractivity contribution in [1.29, 1.82) is 0 Å². The number of anilines is 2. The zero-order valence-corrected chi connectivity index (χ0v) is 19.4. The first kappa shape index (κ1) is 24.0. The van der Waals surface area contributed by atoms with Crippen LogP contribution in [0, 0.1) is 13.8 Å². The van der Waals surface area contributed by atoms with Gasteiger partial charge in [0.1, 0.15) is 5.00 Å². The number of carbonyl (C=O) groups excluding carboxylic acids is 3. The number of benzene rings is 2. The zero-order valence-electron chi connectivity index (χ0n) is 17.7. The van der Waals surface area contributed by atoms with Crippen molar-refractivity contribution >= 4 is 49.8 Å². The van der Waals surface area contributed by atoms with Crippen molar-refractivity contribution < 1.29 is 27.5 Å². The van der Waals surface area contributed by atoms with Crippen LogP contribution in [-0.4, -0.2) is 32.8 Å². The number of aryl methyl sites for hydroxylation is 2. The fraction of sp³-hybridized carbons (Fsp3) is 0.136. The van der Waals surface area contributed by atoms with Crippen molar-refractivity contribution in [2.24, 2.45) is 5.73 Å². The van der Waals surface area contributed by atoms with Crippen molar-refractivity contribution in [3.8, 4) is 0 Å². The number of esters is 1. The molecule has 0 aliphatic heterocycles. The Bertz CT molecular complexity index is 1310. The molecule has 0 aliphatic rings. The van der Waals surface area contributed by atoms with Gasteiger partial charge in [-0.15, -0.1) is 11.3 Å². The molecule has 2 aromatic carbocycles. The van der Waals surface area contributed by atoms with Gasteiger partial charge in [0, 0.05) is 5.69 Å². The lowest BCUT2D eigenvalue weighted by Crippen LogP contribution is -2.22.